The Balaban J connectivity index is 1.28. The van der Waals surface area contributed by atoms with Gasteiger partial charge in [0.2, 0.25) is 5.88 Å². The van der Waals surface area contributed by atoms with Crippen molar-refractivity contribution >= 4 is 5.91 Å². The number of rotatable bonds is 3. The van der Waals surface area contributed by atoms with Gasteiger partial charge in [-0.05, 0) is 36.2 Å². The molecule has 2 aliphatic rings. The minimum Gasteiger partial charge on any atom is -0.491 e. The largest absolute Gasteiger partial charge is 0.491 e. The summed E-state index contributed by atoms with van der Waals surface area (Å²) in [5.74, 6) is 0.528. The van der Waals surface area contributed by atoms with Gasteiger partial charge in [-0.25, -0.2) is 9.07 Å². The van der Waals surface area contributed by atoms with E-state index < -0.39 is 6.10 Å². The summed E-state index contributed by atoms with van der Waals surface area (Å²) >= 11 is 0. The topological polar surface area (TPSA) is 89.2 Å². The summed E-state index contributed by atoms with van der Waals surface area (Å²) in [6, 6.07) is 15.2. The maximum atomic E-state index is 14.1. The van der Waals surface area contributed by atoms with E-state index in [-0.39, 0.29) is 23.5 Å². The molecule has 7 nitrogen and oxygen atoms in total. The number of benzene rings is 2. The van der Waals surface area contributed by atoms with E-state index in [1.54, 1.807) is 47.1 Å². The summed E-state index contributed by atoms with van der Waals surface area (Å²) in [6.45, 7) is 0.864. The number of hydrogen-bond donors (Lipinski definition) is 1. The molecule has 2 unspecified atom stereocenters. The van der Waals surface area contributed by atoms with Gasteiger partial charge in [-0.2, -0.15) is 10.4 Å². The molecular weight excluding hydrogens is 399 g/mol. The van der Waals surface area contributed by atoms with Crippen LogP contribution in [0.15, 0.2) is 48.5 Å². The van der Waals surface area contributed by atoms with Crippen molar-refractivity contribution in [1.82, 2.24) is 15.1 Å². The van der Waals surface area contributed by atoms with Gasteiger partial charge >= 0.3 is 0 Å². The van der Waals surface area contributed by atoms with Crippen molar-refractivity contribution in [3.05, 3.63) is 76.7 Å². The molecule has 0 saturated heterocycles. The van der Waals surface area contributed by atoms with Crippen LogP contribution in [0.25, 0.3) is 0 Å². The Hall–Kier alpha value is -3.86. The third kappa shape index (κ3) is 3.70. The van der Waals surface area contributed by atoms with Crippen LogP contribution in [0.5, 0.6) is 11.6 Å². The van der Waals surface area contributed by atoms with Crippen LogP contribution in [0, 0.1) is 17.1 Å². The molecule has 0 aliphatic carbocycles. The number of hydrogen-bond acceptors (Lipinski definition) is 5. The van der Waals surface area contributed by atoms with Gasteiger partial charge in [-0.15, -0.1) is 0 Å². The molecule has 3 heterocycles. The number of carbonyl (C=O) groups excluding carboxylic acids is 1. The number of carbonyl (C=O) groups is 1. The number of aromatic nitrogens is 2. The van der Waals surface area contributed by atoms with Gasteiger partial charge in [0.05, 0.1) is 17.7 Å². The van der Waals surface area contributed by atoms with Crippen molar-refractivity contribution in [3.8, 4) is 17.7 Å². The fourth-order valence-electron chi connectivity index (χ4n) is 3.98. The third-order valence-corrected chi connectivity index (χ3v) is 5.53. The van der Waals surface area contributed by atoms with Crippen LogP contribution in [0.3, 0.4) is 0 Å². The number of ether oxygens (including phenoxy) is 2. The Bertz CT molecular complexity index is 1200. The van der Waals surface area contributed by atoms with Crippen molar-refractivity contribution in [2.24, 2.45) is 0 Å². The number of nitriles is 1. The molecule has 156 valence electrons. The van der Waals surface area contributed by atoms with Gasteiger partial charge in [0.15, 0.2) is 5.69 Å². The molecule has 3 aromatic rings. The predicted octanol–water partition coefficient (Wildman–Crippen LogP) is 3.15. The predicted molar refractivity (Wildman–Crippen MR) is 108 cm³/mol. The zero-order valence-corrected chi connectivity index (χ0v) is 16.5. The first-order valence-corrected chi connectivity index (χ1v) is 10.1. The van der Waals surface area contributed by atoms with E-state index in [0.717, 1.165) is 11.3 Å². The van der Waals surface area contributed by atoms with E-state index >= 15 is 0 Å². The van der Waals surface area contributed by atoms with Gasteiger partial charge in [-0.3, -0.25) is 4.79 Å². The van der Waals surface area contributed by atoms with E-state index in [0.29, 0.717) is 43.0 Å². The molecule has 0 fully saturated rings. The first-order chi connectivity index (χ1) is 15.1. The molecule has 1 N–H and O–H groups in total. The van der Waals surface area contributed by atoms with E-state index in [1.807, 2.05) is 0 Å². The quantitative estimate of drug-likeness (QED) is 0.706. The van der Waals surface area contributed by atoms with Crippen molar-refractivity contribution in [3.63, 3.8) is 0 Å². The lowest BCUT2D eigenvalue weighted by atomic mass is 10.0. The van der Waals surface area contributed by atoms with Gasteiger partial charge < -0.3 is 14.8 Å². The van der Waals surface area contributed by atoms with Crippen LogP contribution < -0.4 is 14.8 Å². The van der Waals surface area contributed by atoms with Crippen LogP contribution in [0.4, 0.5) is 4.39 Å². The molecular formula is C23H19FN4O3. The fourth-order valence-corrected chi connectivity index (χ4v) is 3.98. The lowest BCUT2D eigenvalue weighted by Gasteiger charge is -2.25. The Labute approximate surface area is 178 Å². The molecule has 1 aromatic heterocycles. The Kier molecular flexibility index (Phi) is 4.79. The van der Waals surface area contributed by atoms with E-state index in [4.69, 9.17) is 14.7 Å². The zero-order valence-electron chi connectivity index (χ0n) is 16.5. The molecule has 0 bridgehead atoms. The highest BCUT2D eigenvalue weighted by Gasteiger charge is 2.28. The number of halogens is 1. The monoisotopic (exact) mass is 418 g/mol. The van der Waals surface area contributed by atoms with Crippen molar-refractivity contribution in [2.75, 3.05) is 6.61 Å². The second-order valence-electron chi connectivity index (χ2n) is 7.63. The van der Waals surface area contributed by atoms with Crippen molar-refractivity contribution in [2.45, 2.75) is 31.5 Å². The number of fused-ring (bicyclic) bond motifs is 2. The Morgan fingerprint density at radius 2 is 2.13 bits per heavy atom. The first kappa shape index (κ1) is 19.1. The lowest BCUT2D eigenvalue weighted by molar-refractivity contribution is 0.0909. The molecule has 31 heavy (non-hydrogen) atoms. The van der Waals surface area contributed by atoms with Gasteiger partial charge in [0, 0.05) is 24.6 Å². The van der Waals surface area contributed by atoms with Crippen molar-refractivity contribution < 1.29 is 18.7 Å². The summed E-state index contributed by atoms with van der Waals surface area (Å²) in [4.78, 5) is 12.8. The third-order valence-electron chi connectivity index (χ3n) is 5.53. The van der Waals surface area contributed by atoms with Gasteiger partial charge in [0.1, 0.15) is 24.3 Å². The smallest absolute Gasteiger partial charge is 0.272 e. The summed E-state index contributed by atoms with van der Waals surface area (Å²) in [6.07, 6.45) is 0.708. The molecule has 2 atom stereocenters. The molecule has 1 amide bonds. The van der Waals surface area contributed by atoms with Gasteiger partial charge in [0.25, 0.3) is 5.91 Å². The second-order valence-corrected chi connectivity index (χ2v) is 7.63. The zero-order chi connectivity index (χ0) is 21.4. The summed E-state index contributed by atoms with van der Waals surface area (Å²) in [5.41, 5.74) is 2.17. The number of amides is 1. The Morgan fingerprint density at radius 1 is 1.26 bits per heavy atom. The standard InChI is InChI=1S/C23H19FN4O3/c24-18-4-2-1-3-17(18)21-7-8-28-22(31-21)11-19(27-28)23(29)26-16-10-15-9-14(12-25)5-6-20(15)30-13-16/h1-6,9,11,16,21H,7-8,10,13H2,(H,26,29). The first-order valence-electron chi connectivity index (χ1n) is 10.1. The van der Waals surface area contributed by atoms with Crippen LogP contribution >= 0.6 is 0 Å². The minimum absolute atomic E-state index is 0.236. The maximum absolute atomic E-state index is 14.1. The molecule has 5 rings (SSSR count). The second kappa shape index (κ2) is 7.76. The molecule has 0 spiro atoms. The summed E-state index contributed by atoms with van der Waals surface area (Å²) in [5, 5.41) is 16.4. The SMILES string of the molecule is N#Cc1ccc2c(c1)CC(NC(=O)c1cc3n(n1)CCC(c1ccccc1F)O3)CO2. The van der Waals surface area contributed by atoms with Crippen LogP contribution in [-0.4, -0.2) is 28.3 Å². The average molecular weight is 418 g/mol. The number of nitrogens with zero attached hydrogens (tertiary/aromatic N) is 3. The summed E-state index contributed by atoms with van der Waals surface area (Å²) in [7, 11) is 0. The van der Waals surface area contributed by atoms with Crippen LogP contribution in [-0.2, 0) is 13.0 Å². The van der Waals surface area contributed by atoms with E-state index in [1.165, 1.54) is 6.07 Å². The fraction of sp³-hybridized carbons (Fsp3) is 0.261. The molecule has 2 aliphatic heterocycles. The Morgan fingerprint density at radius 3 is 2.97 bits per heavy atom. The highest BCUT2D eigenvalue weighted by Crippen LogP contribution is 2.32. The lowest BCUT2D eigenvalue weighted by Crippen LogP contribution is -2.42. The highest BCUT2D eigenvalue weighted by atomic mass is 19.1. The molecule has 0 radical (unpaired) electrons. The molecule has 8 heteroatoms. The van der Waals surface area contributed by atoms with Gasteiger partial charge in [-0.1, -0.05) is 18.2 Å². The summed E-state index contributed by atoms with van der Waals surface area (Å²) < 4.78 is 27.4. The number of nitrogens with one attached hydrogen (secondary N) is 1. The van der Waals surface area contributed by atoms with Crippen molar-refractivity contribution in [1.29, 1.82) is 5.26 Å². The normalized spacial score (nSPS) is 19.2. The van der Waals surface area contributed by atoms with E-state index in [9.17, 15) is 9.18 Å². The number of aryl methyl sites for hydroxylation is 1. The molecule has 0 saturated carbocycles. The molecule has 2 aromatic carbocycles. The average Bonchev–Trinajstić information content (AvgIpc) is 3.22. The van der Waals surface area contributed by atoms with E-state index in [2.05, 4.69) is 16.5 Å². The van der Waals surface area contributed by atoms with Crippen LogP contribution in [0.2, 0.25) is 0 Å². The maximum Gasteiger partial charge on any atom is 0.272 e. The van der Waals surface area contributed by atoms with Crippen LogP contribution in [0.1, 0.15) is 39.7 Å². The minimum atomic E-state index is -0.418. The highest BCUT2D eigenvalue weighted by molar-refractivity contribution is 5.92.